The first kappa shape index (κ1) is 15.4. The summed E-state index contributed by atoms with van der Waals surface area (Å²) >= 11 is 0. The molecule has 0 aromatic rings. The maximum absolute atomic E-state index is 11.7. The lowest BCUT2D eigenvalue weighted by Crippen LogP contribution is -2.47. The second-order valence-corrected chi connectivity index (χ2v) is 5.32. The summed E-state index contributed by atoms with van der Waals surface area (Å²) in [5.41, 5.74) is 5.43. The SMILES string of the molecule is CCC(C)(C)NC(=O)CN(C)CC(C)CN. The van der Waals surface area contributed by atoms with Crippen molar-refractivity contribution in [3.8, 4) is 0 Å². The van der Waals surface area contributed by atoms with E-state index >= 15 is 0 Å². The Bertz CT molecular complexity index is 216. The van der Waals surface area contributed by atoms with Crippen molar-refractivity contribution in [1.82, 2.24) is 10.2 Å². The number of nitrogens with one attached hydrogen (secondary N) is 1. The summed E-state index contributed by atoms with van der Waals surface area (Å²) in [4.78, 5) is 13.7. The molecule has 4 heteroatoms. The molecule has 0 aliphatic carbocycles. The number of rotatable bonds is 7. The van der Waals surface area contributed by atoms with E-state index < -0.39 is 0 Å². The van der Waals surface area contributed by atoms with E-state index in [0.29, 0.717) is 19.0 Å². The fraction of sp³-hybridized carbons (Fsp3) is 0.917. The summed E-state index contributed by atoms with van der Waals surface area (Å²) in [7, 11) is 1.95. The molecule has 0 aromatic heterocycles. The van der Waals surface area contributed by atoms with Crippen molar-refractivity contribution in [2.24, 2.45) is 11.7 Å². The highest BCUT2D eigenvalue weighted by molar-refractivity contribution is 5.78. The number of hydrogen-bond donors (Lipinski definition) is 2. The number of amides is 1. The molecule has 0 saturated carbocycles. The van der Waals surface area contributed by atoms with E-state index in [2.05, 4.69) is 19.2 Å². The molecule has 1 atom stereocenters. The van der Waals surface area contributed by atoms with Crippen LogP contribution in [0.4, 0.5) is 0 Å². The molecular formula is C12H27N3O. The van der Waals surface area contributed by atoms with Crippen molar-refractivity contribution < 1.29 is 4.79 Å². The van der Waals surface area contributed by atoms with E-state index in [1.807, 2.05) is 25.8 Å². The van der Waals surface area contributed by atoms with E-state index in [1.165, 1.54) is 0 Å². The highest BCUT2D eigenvalue weighted by Gasteiger charge is 2.18. The van der Waals surface area contributed by atoms with Gasteiger partial charge in [0.25, 0.3) is 0 Å². The monoisotopic (exact) mass is 229 g/mol. The molecule has 16 heavy (non-hydrogen) atoms. The van der Waals surface area contributed by atoms with Gasteiger partial charge in [-0.05, 0) is 39.8 Å². The highest BCUT2D eigenvalue weighted by atomic mass is 16.2. The maximum atomic E-state index is 11.7. The topological polar surface area (TPSA) is 58.4 Å². The van der Waals surface area contributed by atoms with Crippen LogP contribution in [0.3, 0.4) is 0 Å². The smallest absolute Gasteiger partial charge is 0.234 e. The molecule has 0 bridgehead atoms. The molecule has 0 rings (SSSR count). The quantitative estimate of drug-likeness (QED) is 0.679. The first-order valence-electron chi connectivity index (χ1n) is 6.00. The van der Waals surface area contributed by atoms with Gasteiger partial charge in [-0.2, -0.15) is 0 Å². The van der Waals surface area contributed by atoms with Crippen molar-refractivity contribution in [2.45, 2.75) is 39.7 Å². The molecule has 0 saturated heterocycles. The van der Waals surface area contributed by atoms with Crippen molar-refractivity contribution >= 4 is 5.91 Å². The average molecular weight is 229 g/mol. The number of hydrogen-bond acceptors (Lipinski definition) is 3. The molecule has 0 aromatic carbocycles. The zero-order chi connectivity index (χ0) is 12.8. The normalized spacial score (nSPS) is 13.9. The van der Waals surface area contributed by atoms with Crippen LogP contribution in [0, 0.1) is 5.92 Å². The van der Waals surface area contributed by atoms with E-state index in [-0.39, 0.29) is 11.4 Å². The Balaban J connectivity index is 3.96. The lowest BCUT2D eigenvalue weighted by atomic mass is 10.0. The minimum absolute atomic E-state index is 0.0820. The van der Waals surface area contributed by atoms with Crippen LogP contribution >= 0.6 is 0 Å². The Hall–Kier alpha value is -0.610. The Morgan fingerprint density at radius 2 is 2.06 bits per heavy atom. The first-order chi connectivity index (χ1) is 7.30. The molecule has 4 nitrogen and oxygen atoms in total. The van der Waals surface area contributed by atoms with Gasteiger partial charge in [-0.1, -0.05) is 13.8 Å². The van der Waals surface area contributed by atoms with Gasteiger partial charge in [0.05, 0.1) is 6.54 Å². The van der Waals surface area contributed by atoms with Gasteiger partial charge in [0.15, 0.2) is 0 Å². The van der Waals surface area contributed by atoms with E-state index in [9.17, 15) is 4.79 Å². The Kier molecular flexibility index (Phi) is 6.60. The van der Waals surface area contributed by atoms with Crippen LogP contribution in [-0.4, -0.2) is 43.0 Å². The molecule has 3 N–H and O–H groups in total. The van der Waals surface area contributed by atoms with Crippen molar-refractivity contribution in [3.63, 3.8) is 0 Å². The summed E-state index contributed by atoms with van der Waals surface area (Å²) in [6.45, 7) is 10.2. The van der Waals surface area contributed by atoms with Crippen molar-refractivity contribution in [1.29, 1.82) is 0 Å². The number of nitrogens with two attached hydrogens (primary N) is 1. The molecule has 0 fully saturated rings. The third-order valence-corrected chi connectivity index (χ3v) is 2.80. The largest absolute Gasteiger partial charge is 0.350 e. The second-order valence-electron chi connectivity index (χ2n) is 5.32. The summed E-state index contributed by atoms with van der Waals surface area (Å²) < 4.78 is 0. The Labute approximate surface area is 99.6 Å². The van der Waals surface area contributed by atoms with Crippen LogP contribution < -0.4 is 11.1 Å². The summed E-state index contributed by atoms with van der Waals surface area (Å²) in [5.74, 6) is 0.510. The summed E-state index contributed by atoms with van der Waals surface area (Å²) in [5, 5.41) is 3.02. The zero-order valence-corrected chi connectivity index (χ0v) is 11.3. The third kappa shape index (κ3) is 6.80. The Morgan fingerprint density at radius 1 is 1.50 bits per heavy atom. The lowest BCUT2D eigenvalue weighted by molar-refractivity contribution is -0.123. The molecule has 0 radical (unpaired) electrons. The second kappa shape index (κ2) is 6.86. The van der Waals surface area contributed by atoms with Gasteiger partial charge >= 0.3 is 0 Å². The van der Waals surface area contributed by atoms with Crippen molar-refractivity contribution in [3.05, 3.63) is 0 Å². The number of carbonyl (C=O) groups excluding carboxylic acids is 1. The number of likely N-dealkylation sites (N-methyl/N-ethyl adjacent to an activating group) is 1. The molecule has 1 amide bonds. The van der Waals surface area contributed by atoms with E-state index in [4.69, 9.17) is 5.73 Å². The lowest BCUT2D eigenvalue weighted by Gasteiger charge is -2.26. The Morgan fingerprint density at radius 3 is 2.50 bits per heavy atom. The predicted octanol–water partition coefficient (Wildman–Crippen LogP) is 0.818. The van der Waals surface area contributed by atoms with Crippen molar-refractivity contribution in [2.75, 3.05) is 26.7 Å². The molecule has 0 heterocycles. The minimum atomic E-state index is -0.114. The van der Waals surface area contributed by atoms with Gasteiger partial charge in [-0.3, -0.25) is 9.69 Å². The fourth-order valence-electron chi connectivity index (χ4n) is 1.42. The standard InChI is InChI=1S/C12H27N3O/c1-6-12(3,4)14-11(16)9-15(5)8-10(2)7-13/h10H,6-9,13H2,1-5H3,(H,14,16). The first-order valence-corrected chi connectivity index (χ1v) is 6.00. The molecule has 0 aliphatic heterocycles. The molecule has 0 spiro atoms. The van der Waals surface area contributed by atoms with Gasteiger partial charge in [0.1, 0.15) is 0 Å². The molecule has 96 valence electrons. The highest BCUT2D eigenvalue weighted by Crippen LogP contribution is 2.06. The molecule has 1 unspecified atom stereocenters. The third-order valence-electron chi connectivity index (χ3n) is 2.80. The predicted molar refractivity (Wildman–Crippen MR) is 68.2 cm³/mol. The van der Waals surface area contributed by atoms with E-state index in [1.54, 1.807) is 0 Å². The average Bonchev–Trinajstić information content (AvgIpc) is 2.16. The number of nitrogens with zero attached hydrogens (tertiary/aromatic N) is 1. The maximum Gasteiger partial charge on any atom is 0.234 e. The van der Waals surface area contributed by atoms with Gasteiger partial charge < -0.3 is 11.1 Å². The van der Waals surface area contributed by atoms with Crippen LogP contribution in [0.5, 0.6) is 0 Å². The minimum Gasteiger partial charge on any atom is -0.350 e. The zero-order valence-electron chi connectivity index (χ0n) is 11.3. The fourth-order valence-corrected chi connectivity index (χ4v) is 1.42. The van der Waals surface area contributed by atoms with Crippen LogP contribution in [0.15, 0.2) is 0 Å². The van der Waals surface area contributed by atoms with Gasteiger partial charge in [0.2, 0.25) is 5.91 Å². The van der Waals surface area contributed by atoms with Gasteiger partial charge in [-0.15, -0.1) is 0 Å². The summed E-state index contributed by atoms with van der Waals surface area (Å²) in [6.07, 6.45) is 0.932. The van der Waals surface area contributed by atoms with E-state index in [0.717, 1.165) is 13.0 Å². The van der Waals surface area contributed by atoms with Crippen LogP contribution in [0.1, 0.15) is 34.1 Å². The molecule has 0 aliphatic rings. The number of carbonyl (C=O) groups is 1. The summed E-state index contributed by atoms with van der Waals surface area (Å²) in [6, 6.07) is 0. The molecular weight excluding hydrogens is 202 g/mol. The van der Waals surface area contributed by atoms with Crippen LogP contribution in [-0.2, 0) is 4.79 Å². The van der Waals surface area contributed by atoms with Crippen LogP contribution in [0.25, 0.3) is 0 Å². The van der Waals surface area contributed by atoms with Crippen LogP contribution in [0.2, 0.25) is 0 Å². The van der Waals surface area contributed by atoms with Gasteiger partial charge in [-0.25, -0.2) is 0 Å². The van der Waals surface area contributed by atoms with Gasteiger partial charge in [0, 0.05) is 12.1 Å².